The standard InChI is InChI=1S/C20H19N3O6S2/c1-12(18(24)13-7-9-14(10-8-13)23-31(2,25)26)30-20-22-21-19(29-20)17-11-27-15-5-3-4-6-16(15)28-17/h3-10,12,17,23H,11H2,1-2H3. The Bertz CT molecular complexity index is 1190. The van der Waals surface area contributed by atoms with Gasteiger partial charge in [-0.05, 0) is 43.3 Å². The van der Waals surface area contributed by atoms with Gasteiger partial charge in [0.2, 0.25) is 16.1 Å². The van der Waals surface area contributed by atoms with Crippen molar-refractivity contribution in [2.75, 3.05) is 17.6 Å². The highest BCUT2D eigenvalue weighted by Gasteiger charge is 2.28. The molecule has 1 aromatic heterocycles. The predicted molar refractivity (Wildman–Crippen MR) is 114 cm³/mol. The van der Waals surface area contributed by atoms with Crippen molar-refractivity contribution >= 4 is 33.3 Å². The maximum Gasteiger partial charge on any atom is 0.277 e. The van der Waals surface area contributed by atoms with Gasteiger partial charge in [-0.25, -0.2) is 8.42 Å². The van der Waals surface area contributed by atoms with Crippen molar-refractivity contribution in [2.45, 2.75) is 23.5 Å². The third-order valence-electron chi connectivity index (χ3n) is 4.33. The Morgan fingerprint density at radius 3 is 2.55 bits per heavy atom. The van der Waals surface area contributed by atoms with Crippen molar-refractivity contribution in [3.8, 4) is 11.5 Å². The van der Waals surface area contributed by atoms with Gasteiger partial charge < -0.3 is 13.9 Å². The van der Waals surface area contributed by atoms with Crippen molar-refractivity contribution in [3.63, 3.8) is 0 Å². The number of nitrogens with zero attached hydrogens (tertiary/aromatic N) is 2. The second-order valence-corrected chi connectivity index (χ2v) is 9.89. The minimum Gasteiger partial charge on any atom is -0.485 e. The summed E-state index contributed by atoms with van der Waals surface area (Å²) in [6.45, 7) is 1.97. The van der Waals surface area contributed by atoms with Crippen molar-refractivity contribution in [1.29, 1.82) is 0 Å². The molecule has 31 heavy (non-hydrogen) atoms. The van der Waals surface area contributed by atoms with Crippen LogP contribution < -0.4 is 14.2 Å². The van der Waals surface area contributed by atoms with Crippen LogP contribution in [0.1, 0.15) is 29.3 Å². The molecule has 1 aliphatic rings. The number of hydrogen-bond acceptors (Lipinski definition) is 9. The van der Waals surface area contributed by atoms with Crippen molar-refractivity contribution in [3.05, 3.63) is 60.0 Å². The molecular weight excluding hydrogens is 442 g/mol. The average molecular weight is 462 g/mol. The number of benzene rings is 2. The molecule has 2 atom stereocenters. The number of anilines is 1. The first-order valence-electron chi connectivity index (χ1n) is 9.29. The van der Waals surface area contributed by atoms with E-state index in [-0.39, 0.29) is 23.5 Å². The number of hydrogen-bond donors (Lipinski definition) is 1. The van der Waals surface area contributed by atoms with Crippen molar-refractivity contribution < 1.29 is 27.1 Å². The molecule has 0 bridgehead atoms. The quantitative estimate of drug-likeness (QED) is 0.417. The van der Waals surface area contributed by atoms with E-state index in [9.17, 15) is 13.2 Å². The lowest BCUT2D eigenvalue weighted by Gasteiger charge is -2.23. The van der Waals surface area contributed by atoms with Crippen molar-refractivity contribution in [1.82, 2.24) is 10.2 Å². The molecule has 2 unspecified atom stereocenters. The first-order chi connectivity index (χ1) is 14.8. The van der Waals surface area contributed by atoms with Crippen LogP contribution in [-0.2, 0) is 10.0 Å². The summed E-state index contributed by atoms with van der Waals surface area (Å²) in [6.07, 6.45) is 0.532. The molecule has 2 heterocycles. The zero-order valence-corrected chi connectivity index (χ0v) is 18.3. The van der Waals surface area contributed by atoms with E-state index in [1.54, 1.807) is 25.1 Å². The summed E-state index contributed by atoms with van der Waals surface area (Å²) in [5.41, 5.74) is 0.830. The molecule has 162 valence electrons. The topological polar surface area (TPSA) is 121 Å². The Hall–Kier alpha value is -3.05. The molecule has 0 amide bonds. The lowest BCUT2D eigenvalue weighted by Crippen LogP contribution is -2.21. The number of rotatable bonds is 7. The fourth-order valence-electron chi connectivity index (χ4n) is 2.90. The Labute approximate surface area is 183 Å². The van der Waals surface area contributed by atoms with E-state index in [0.717, 1.165) is 18.0 Å². The van der Waals surface area contributed by atoms with Crippen LogP contribution in [0, 0.1) is 0 Å². The smallest absolute Gasteiger partial charge is 0.277 e. The van der Waals surface area contributed by atoms with E-state index in [2.05, 4.69) is 14.9 Å². The molecule has 1 N–H and O–H groups in total. The van der Waals surface area contributed by atoms with Crippen LogP contribution in [-0.4, -0.2) is 42.5 Å². The van der Waals surface area contributed by atoms with Crippen LogP contribution in [0.3, 0.4) is 0 Å². The highest BCUT2D eigenvalue weighted by atomic mass is 32.2. The Kier molecular flexibility index (Phi) is 5.88. The van der Waals surface area contributed by atoms with Gasteiger partial charge in [-0.3, -0.25) is 9.52 Å². The van der Waals surface area contributed by atoms with Crippen LogP contribution in [0.4, 0.5) is 5.69 Å². The molecule has 0 fully saturated rings. The minimum absolute atomic E-state index is 0.151. The number of fused-ring (bicyclic) bond motifs is 1. The van der Waals surface area contributed by atoms with E-state index in [4.69, 9.17) is 13.9 Å². The highest BCUT2D eigenvalue weighted by Crippen LogP contribution is 2.36. The van der Waals surface area contributed by atoms with Gasteiger partial charge in [-0.2, -0.15) is 0 Å². The van der Waals surface area contributed by atoms with Crippen molar-refractivity contribution in [2.24, 2.45) is 0 Å². The van der Waals surface area contributed by atoms with Crippen LogP contribution in [0.25, 0.3) is 0 Å². The molecule has 0 spiro atoms. The molecule has 0 saturated heterocycles. The van der Waals surface area contributed by atoms with Crippen LogP contribution in [0.15, 0.2) is 58.2 Å². The number of aromatic nitrogens is 2. The number of sulfonamides is 1. The monoisotopic (exact) mass is 461 g/mol. The Balaban J connectivity index is 1.39. The normalized spacial score (nSPS) is 16.5. The third kappa shape index (κ3) is 5.17. The maximum atomic E-state index is 12.7. The van der Waals surface area contributed by atoms with E-state index in [1.807, 2.05) is 18.2 Å². The molecular formula is C20H19N3O6S2. The van der Waals surface area contributed by atoms with Gasteiger partial charge in [0.05, 0.1) is 11.5 Å². The molecule has 4 rings (SSSR count). The second kappa shape index (κ2) is 8.60. The summed E-state index contributed by atoms with van der Waals surface area (Å²) in [6, 6.07) is 13.5. The fraction of sp³-hybridized carbons (Fsp3) is 0.250. The Morgan fingerprint density at radius 2 is 1.84 bits per heavy atom. The summed E-state index contributed by atoms with van der Waals surface area (Å²) in [4.78, 5) is 12.7. The summed E-state index contributed by atoms with van der Waals surface area (Å²) in [5.74, 6) is 1.38. The molecule has 1 aliphatic heterocycles. The van der Waals surface area contributed by atoms with Gasteiger partial charge in [-0.1, -0.05) is 23.9 Å². The van der Waals surface area contributed by atoms with Gasteiger partial charge in [0.15, 0.2) is 17.3 Å². The zero-order chi connectivity index (χ0) is 22.0. The van der Waals surface area contributed by atoms with Crippen LogP contribution in [0.5, 0.6) is 11.5 Å². The van der Waals surface area contributed by atoms with E-state index >= 15 is 0 Å². The van der Waals surface area contributed by atoms with Gasteiger partial charge in [0.25, 0.3) is 11.1 Å². The average Bonchev–Trinajstić information content (AvgIpc) is 3.20. The van der Waals surface area contributed by atoms with E-state index < -0.39 is 21.4 Å². The minimum atomic E-state index is -3.38. The van der Waals surface area contributed by atoms with Gasteiger partial charge in [0, 0.05) is 11.3 Å². The van der Waals surface area contributed by atoms with Gasteiger partial charge in [0.1, 0.15) is 6.61 Å². The van der Waals surface area contributed by atoms with Crippen LogP contribution in [0.2, 0.25) is 0 Å². The molecule has 9 nitrogen and oxygen atoms in total. The maximum absolute atomic E-state index is 12.7. The summed E-state index contributed by atoms with van der Waals surface area (Å²) >= 11 is 1.13. The molecule has 0 radical (unpaired) electrons. The molecule has 11 heteroatoms. The number of carbonyl (C=O) groups is 1. The molecule has 2 aromatic carbocycles. The highest BCUT2D eigenvalue weighted by molar-refractivity contribution is 8.00. The summed E-state index contributed by atoms with van der Waals surface area (Å²) in [7, 11) is -3.38. The number of ether oxygens (including phenoxy) is 2. The number of thioether (sulfide) groups is 1. The van der Waals surface area contributed by atoms with Gasteiger partial charge in [-0.15, -0.1) is 10.2 Å². The van der Waals surface area contributed by atoms with Gasteiger partial charge >= 0.3 is 0 Å². The summed E-state index contributed by atoms with van der Waals surface area (Å²) < 4.78 is 42.1. The van der Waals surface area contributed by atoms with Crippen LogP contribution >= 0.6 is 11.8 Å². The number of ketones is 1. The first kappa shape index (κ1) is 21.2. The SMILES string of the molecule is CC(Sc1nnc(C2COc3ccccc3O2)o1)C(=O)c1ccc(NS(C)(=O)=O)cc1. The largest absolute Gasteiger partial charge is 0.485 e. The molecule has 3 aromatic rings. The first-order valence-corrected chi connectivity index (χ1v) is 12.1. The number of carbonyl (C=O) groups excluding carboxylic acids is 1. The second-order valence-electron chi connectivity index (χ2n) is 6.85. The van der Waals surface area contributed by atoms with E-state index in [1.165, 1.54) is 12.1 Å². The van der Waals surface area contributed by atoms with E-state index in [0.29, 0.717) is 22.7 Å². The number of nitrogens with one attached hydrogen (secondary N) is 1. The lowest BCUT2D eigenvalue weighted by molar-refractivity contribution is 0.0686. The zero-order valence-electron chi connectivity index (χ0n) is 16.6. The fourth-order valence-corrected chi connectivity index (χ4v) is 4.23. The molecule has 0 saturated carbocycles. The predicted octanol–water partition coefficient (Wildman–Crippen LogP) is 3.32. The lowest BCUT2D eigenvalue weighted by atomic mass is 10.1. The Morgan fingerprint density at radius 1 is 1.13 bits per heavy atom. The third-order valence-corrected chi connectivity index (χ3v) is 5.87. The number of Topliss-reactive ketones (excluding diaryl/α,β-unsaturated/α-hetero) is 1. The number of para-hydroxylation sites is 2. The molecule has 0 aliphatic carbocycles. The summed E-state index contributed by atoms with van der Waals surface area (Å²) in [5, 5.41) is 7.77.